The highest BCUT2D eigenvalue weighted by atomic mass is 15.4. The van der Waals surface area contributed by atoms with Crippen LogP contribution in [0.1, 0.15) is 40.0 Å². The van der Waals surface area contributed by atoms with E-state index in [9.17, 15) is 0 Å². The summed E-state index contributed by atoms with van der Waals surface area (Å²) in [6.07, 6.45) is 8.99. The maximum absolute atomic E-state index is 5.48. The lowest BCUT2D eigenvalue weighted by molar-refractivity contribution is -0.888. The van der Waals surface area contributed by atoms with E-state index in [4.69, 9.17) is 6.42 Å². The molecule has 0 fully saturated rings. The molecule has 0 saturated carbocycles. The van der Waals surface area contributed by atoms with Crippen LogP contribution in [0.4, 0.5) is 0 Å². The van der Waals surface area contributed by atoms with Crippen LogP contribution in [0.2, 0.25) is 0 Å². The lowest BCUT2D eigenvalue weighted by Crippen LogP contribution is -2.48. The fourth-order valence-electron chi connectivity index (χ4n) is 2.16. The molecule has 0 aromatic rings. The van der Waals surface area contributed by atoms with E-state index >= 15 is 0 Å². The molecule has 1 heteroatoms. The first-order chi connectivity index (χ1) is 6.66. The molecule has 0 N–H and O–H groups in total. The Bertz CT molecular complexity index is 193. The number of quaternary nitrogens is 1. The average molecular weight is 194 g/mol. The molecule has 1 nitrogen and oxygen atoms in total. The summed E-state index contributed by atoms with van der Waals surface area (Å²) in [6, 6.07) is 0. The number of allylic oxidation sites excluding steroid dienone is 1. The summed E-state index contributed by atoms with van der Waals surface area (Å²) >= 11 is 0. The van der Waals surface area contributed by atoms with E-state index in [0.717, 1.165) is 29.8 Å². The minimum Gasteiger partial charge on any atom is -0.284 e. The average Bonchev–Trinajstić information content (AvgIpc) is 2.17. The molecule has 0 aliphatic carbocycles. The quantitative estimate of drug-likeness (QED) is 0.431. The summed E-state index contributed by atoms with van der Waals surface area (Å²) < 4.78 is 0.931. The molecule has 0 aromatic carbocycles. The van der Waals surface area contributed by atoms with Gasteiger partial charge < -0.3 is 0 Å². The minimum absolute atomic E-state index is 0.931. The van der Waals surface area contributed by atoms with Crippen molar-refractivity contribution in [3.05, 3.63) is 12.3 Å². The van der Waals surface area contributed by atoms with Crippen molar-refractivity contribution in [2.75, 3.05) is 19.6 Å². The molecule has 0 spiro atoms. The van der Waals surface area contributed by atoms with Crippen molar-refractivity contribution in [2.45, 2.75) is 40.0 Å². The van der Waals surface area contributed by atoms with Crippen molar-refractivity contribution >= 4 is 0 Å². The number of terminal acetylenes is 1. The van der Waals surface area contributed by atoms with E-state index in [1.807, 2.05) is 0 Å². The van der Waals surface area contributed by atoms with Gasteiger partial charge in [0.25, 0.3) is 0 Å². The zero-order valence-corrected chi connectivity index (χ0v) is 9.97. The van der Waals surface area contributed by atoms with Crippen molar-refractivity contribution in [3.63, 3.8) is 0 Å². The Hall–Kier alpha value is -0.740. The number of hydrogen-bond acceptors (Lipinski definition) is 0. The Balaban J connectivity index is 4.74. The Morgan fingerprint density at radius 3 is 1.64 bits per heavy atom. The molecule has 0 rings (SSSR count). The summed E-state index contributed by atoms with van der Waals surface area (Å²) in [5.41, 5.74) is 0.954. The molecular weight excluding hydrogens is 170 g/mol. The second-order valence-corrected chi connectivity index (χ2v) is 3.91. The lowest BCUT2D eigenvalue weighted by atomic mass is 10.2. The molecule has 0 aliphatic heterocycles. The molecule has 0 bridgehead atoms. The molecule has 0 amide bonds. The Morgan fingerprint density at radius 1 is 1.07 bits per heavy atom. The van der Waals surface area contributed by atoms with E-state index in [-0.39, 0.29) is 0 Å². The van der Waals surface area contributed by atoms with E-state index in [0.29, 0.717) is 0 Å². The van der Waals surface area contributed by atoms with Crippen LogP contribution in [0, 0.1) is 12.3 Å². The van der Waals surface area contributed by atoms with Gasteiger partial charge in [0.15, 0.2) is 5.70 Å². The first kappa shape index (κ1) is 13.3. The van der Waals surface area contributed by atoms with Crippen molar-refractivity contribution in [1.82, 2.24) is 0 Å². The van der Waals surface area contributed by atoms with Crippen LogP contribution in [0.5, 0.6) is 0 Å². The van der Waals surface area contributed by atoms with Gasteiger partial charge in [-0.1, -0.05) is 20.8 Å². The fourth-order valence-corrected chi connectivity index (χ4v) is 2.16. The first-order valence-corrected chi connectivity index (χ1v) is 5.69. The van der Waals surface area contributed by atoms with Gasteiger partial charge in [-0.25, -0.2) is 0 Å². The van der Waals surface area contributed by atoms with E-state index in [2.05, 4.69) is 33.3 Å². The lowest BCUT2D eigenvalue weighted by Gasteiger charge is -2.37. The molecule has 0 radical (unpaired) electrons. The van der Waals surface area contributed by atoms with Crippen molar-refractivity contribution < 1.29 is 4.48 Å². The maximum Gasteiger partial charge on any atom is 0.176 e. The summed E-state index contributed by atoms with van der Waals surface area (Å²) in [4.78, 5) is 0. The standard InChI is InChI=1S/C13H24N/c1-6-10-14(11-7-2,12-8-3)13(5)9-4/h4H,5-8,10-12H2,1-3H3/q+1. The molecule has 0 unspecified atom stereocenters. The third-order valence-electron chi connectivity index (χ3n) is 2.69. The molecule has 0 atom stereocenters. The zero-order valence-electron chi connectivity index (χ0n) is 9.97. The van der Waals surface area contributed by atoms with Gasteiger partial charge in [0.05, 0.1) is 19.6 Å². The topological polar surface area (TPSA) is 0 Å². The summed E-state index contributed by atoms with van der Waals surface area (Å²) in [5.74, 6) is 2.74. The minimum atomic E-state index is 0.931. The maximum atomic E-state index is 5.48. The Labute approximate surface area is 89.4 Å². The summed E-state index contributed by atoms with van der Waals surface area (Å²) in [5, 5.41) is 0. The normalized spacial score (nSPS) is 11.0. The highest BCUT2D eigenvalue weighted by Crippen LogP contribution is 2.18. The van der Waals surface area contributed by atoms with Crippen molar-refractivity contribution in [3.8, 4) is 12.3 Å². The van der Waals surface area contributed by atoms with E-state index < -0.39 is 0 Å². The van der Waals surface area contributed by atoms with Gasteiger partial charge in [0.2, 0.25) is 0 Å². The summed E-state index contributed by atoms with van der Waals surface area (Å²) in [6.45, 7) is 14.1. The van der Waals surface area contributed by atoms with Gasteiger partial charge in [0, 0.05) is 0 Å². The second kappa shape index (κ2) is 6.68. The van der Waals surface area contributed by atoms with Crippen LogP contribution in [0.25, 0.3) is 0 Å². The van der Waals surface area contributed by atoms with Gasteiger partial charge in [-0.2, -0.15) is 0 Å². The van der Waals surface area contributed by atoms with Crippen LogP contribution in [0.3, 0.4) is 0 Å². The smallest absolute Gasteiger partial charge is 0.176 e. The Kier molecular flexibility index (Phi) is 6.32. The second-order valence-electron chi connectivity index (χ2n) is 3.91. The monoisotopic (exact) mass is 194 g/mol. The largest absolute Gasteiger partial charge is 0.284 e. The van der Waals surface area contributed by atoms with Crippen LogP contribution < -0.4 is 0 Å². The molecule has 0 saturated heterocycles. The summed E-state index contributed by atoms with van der Waals surface area (Å²) in [7, 11) is 0. The van der Waals surface area contributed by atoms with Crippen LogP contribution in [-0.4, -0.2) is 24.1 Å². The molecule has 0 aromatic heterocycles. The highest BCUT2D eigenvalue weighted by Gasteiger charge is 2.27. The zero-order chi connectivity index (χ0) is 11.0. The van der Waals surface area contributed by atoms with Gasteiger partial charge >= 0.3 is 0 Å². The first-order valence-electron chi connectivity index (χ1n) is 5.69. The molecule has 80 valence electrons. The Morgan fingerprint density at radius 2 is 1.43 bits per heavy atom. The fraction of sp³-hybridized carbons (Fsp3) is 0.692. The van der Waals surface area contributed by atoms with Crippen molar-refractivity contribution in [1.29, 1.82) is 0 Å². The molecule has 14 heavy (non-hydrogen) atoms. The SMILES string of the molecule is C#CC(=C)[N+](CCC)(CCC)CCC. The van der Waals surface area contributed by atoms with Gasteiger partial charge in [-0.15, -0.1) is 6.42 Å². The van der Waals surface area contributed by atoms with Crippen LogP contribution in [-0.2, 0) is 0 Å². The number of nitrogens with zero attached hydrogens (tertiary/aromatic N) is 1. The predicted octanol–water partition coefficient (Wildman–Crippen LogP) is 3.18. The highest BCUT2D eigenvalue weighted by molar-refractivity contribution is 5.14. The van der Waals surface area contributed by atoms with Crippen LogP contribution in [0.15, 0.2) is 12.3 Å². The van der Waals surface area contributed by atoms with Gasteiger partial charge in [-0.3, -0.25) is 4.48 Å². The molecular formula is C13H24N+. The van der Waals surface area contributed by atoms with Gasteiger partial charge in [-0.05, 0) is 31.8 Å². The van der Waals surface area contributed by atoms with E-state index in [1.54, 1.807) is 0 Å². The van der Waals surface area contributed by atoms with E-state index in [1.165, 1.54) is 19.3 Å². The van der Waals surface area contributed by atoms with Gasteiger partial charge in [0.1, 0.15) is 0 Å². The van der Waals surface area contributed by atoms with Crippen LogP contribution >= 0.6 is 0 Å². The predicted molar refractivity (Wildman–Crippen MR) is 63.7 cm³/mol. The molecule has 0 aliphatic rings. The third kappa shape index (κ3) is 3.20. The number of rotatable bonds is 7. The third-order valence-corrected chi connectivity index (χ3v) is 2.69. The number of hydrogen-bond donors (Lipinski definition) is 0. The molecule has 0 heterocycles. The van der Waals surface area contributed by atoms with Crippen molar-refractivity contribution in [2.24, 2.45) is 0 Å².